The van der Waals surface area contributed by atoms with E-state index in [0.29, 0.717) is 30.1 Å². The zero-order valence-corrected chi connectivity index (χ0v) is 11.4. The van der Waals surface area contributed by atoms with E-state index in [9.17, 15) is 0 Å². The molecule has 1 heterocycles. The molecule has 2 N–H and O–H groups in total. The van der Waals surface area contributed by atoms with Gasteiger partial charge < -0.3 is 15.2 Å². The smallest absolute Gasteiger partial charge is 0.219 e. The van der Waals surface area contributed by atoms with Crippen LogP contribution in [0, 0.1) is 0 Å². The summed E-state index contributed by atoms with van der Waals surface area (Å²) in [5.74, 6) is 1.69. The van der Waals surface area contributed by atoms with E-state index >= 15 is 0 Å². The number of benzene rings is 1. The Hall–Kier alpha value is -1.95. The highest BCUT2D eigenvalue weighted by atomic mass is 32.2. The monoisotopic (exact) mass is 277 g/mol. The average molecular weight is 277 g/mol. The van der Waals surface area contributed by atoms with E-state index < -0.39 is 0 Å². The summed E-state index contributed by atoms with van der Waals surface area (Å²) in [5.41, 5.74) is 5.65. The van der Waals surface area contributed by atoms with E-state index in [0.717, 1.165) is 5.75 Å². The molecule has 0 spiro atoms. The summed E-state index contributed by atoms with van der Waals surface area (Å²) < 4.78 is 11.0. The van der Waals surface area contributed by atoms with Gasteiger partial charge in [-0.25, -0.2) is 4.98 Å². The molecule has 0 unspecified atom stereocenters. The summed E-state index contributed by atoms with van der Waals surface area (Å²) in [6, 6.07) is 11.2. The van der Waals surface area contributed by atoms with Crippen molar-refractivity contribution in [2.75, 3.05) is 25.2 Å². The molecule has 0 bridgehead atoms. The van der Waals surface area contributed by atoms with Gasteiger partial charge in [-0.1, -0.05) is 30.0 Å². The van der Waals surface area contributed by atoms with Crippen LogP contribution in [0.4, 0.5) is 5.82 Å². The number of nitrogen functional groups attached to an aromatic ring is 1. The Kier molecular flexibility index (Phi) is 4.85. The minimum Gasteiger partial charge on any atom is -0.490 e. The van der Waals surface area contributed by atoms with Crippen LogP contribution in [0.1, 0.15) is 0 Å². The molecule has 0 saturated carbocycles. The number of ether oxygens (including phenoxy) is 2. The van der Waals surface area contributed by atoms with Crippen LogP contribution in [0.5, 0.6) is 11.6 Å². The number of thioether (sulfide) groups is 1. The lowest BCUT2D eigenvalue weighted by molar-refractivity contribution is 0.211. The maximum atomic E-state index is 5.65. The number of para-hydroxylation sites is 1. The van der Waals surface area contributed by atoms with Gasteiger partial charge >= 0.3 is 0 Å². The number of aromatic nitrogens is 2. The van der Waals surface area contributed by atoms with Crippen LogP contribution in [-0.4, -0.2) is 29.4 Å². The second-order valence-corrected chi connectivity index (χ2v) is 4.40. The molecule has 0 atom stereocenters. The molecule has 100 valence electrons. The Labute approximate surface area is 116 Å². The molecular weight excluding hydrogens is 262 g/mol. The molecule has 19 heavy (non-hydrogen) atoms. The molecule has 0 aliphatic rings. The van der Waals surface area contributed by atoms with Crippen molar-refractivity contribution in [2.24, 2.45) is 0 Å². The highest BCUT2D eigenvalue weighted by Crippen LogP contribution is 2.16. The molecule has 0 fully saturated rings. The molecule has 6 heteroatoms. The molecule has 2 rings (SSSR count). The number of nitrogens with two attached hydrogens (primary N) is 1. The fourth-order valence-electron chi connectivity index (χ4n) is 1.41. The van der Waals surface area contributed by atoms with Crippen LogP contribution in [-0.2, 0) is 0 Å². The van der Waals surface area contributed by atoms with Crippen molar-refractivity contribution in [1.29, 1.82) is 0 Å². The van der Waals surface area contributed by atoms with Crippen LogP contribution in [0.25, 0.3) is 0 Å². The highest BCUT2D eigenvalue weighted by molar-refractivity contribution is 7.98. The van der Waals surface area contributed by atoms with Gasteiger partial charge in [-0.3, -0.25) is 0 Å². The quantitative estimate of drug-likeness (QED) is 0.496. The third kappa shape index (κ3) is 4.33. The Morgan fingerprint density at radius 1 is 1.11 bits per heavy atom. The van der Waals surface area contributed by atoms with E-state index in [1.807, 2.05) is 36.6 Å². The summed E-state index contributed by atoms with van der Waals surface area (Å²) in [5, 5.41) is 0.596. The van der Waals surface area contributed by atoms with E-state index in [4.69, 9.17) is 15.2 Å². The van der Waals surface area contributed by atoms with Gasteiger partial charge in [-0.2, -0.15) is 4.98 Å². The Morgan fingerprint density at radius 3 is 2.58 bits per heavy atom. The van der Waals surface area contributed by atoms with Gasteiger partial charge in [0.15, 0.2) is 5.16 Å². The van der Waals surface area contributed by atoms with Gasteiger partial charge in [0.05, 0.1) is 0 Å². The van der Waals surface area contributed by atoms with Gasteiger partial charge in [-0.15, -0.1) is 0 Å². The van der Waals surface area contributed by atoms with E-state index in [2.05, 4.69) is 9.97 Å². The zero-order chi connectivity index (χ0) is 13.5. The number of nitrogens with zero attached hydrogens (tertiary/aromatic N) is 2. The molecule has 0 aliphatic carbocycles. The topological polar surface area (TPSA) is 70.3 Å². The predicted octanol–water partition coefficient (Wildman–Crippen LogP) is 2.24. The number of hydrogen-bond donors (Lipinski definition) is 1. The summed E-state index contributed by atoms with van der Waals surface area (Å²) in [4.78, 5) is 8.24. The first kappa shape index (κ1) is 13.5. The van der Waals surface area contributed by atoms with Gasteiger partial charge in [0, 0.05) is 6.07 Å². The maximum Gasteiger partial charge on any atom is 0.219 e. The molecular formula is C13H15N3O2S. The molecule has 1 aromatic carbocycles. The van der Waals surface area contributed by atoms with Crippen LogP contribution in [0.3, 0.4) is 0 Å². The molecule has 0 saturated heterocycles. The minimum atomic E-state index is 0.401. The van der Waals surface area contributed by atoms with Gasteiger partial charge in [0.1, 0.15) is 24.8 Å². The standard InChI is InChI=1S/C13H15N3O2S/c1-19-13-15-11(14)9-12(16-13)18-8-7-17-10-5-3-2-4-6-10/h2-6,9H,7-8H2,1H3,(H2,14,15,16). The van der Waals surface area contributed by atoms with Crippen molar-refractivity contribution in [3.63, 3.8) is 0 Å². The third-order valence-electron chi connectivity index (χ3n) is 2.23. The van der Waals surface area contributed by atoms with Gasteiger partial charge in [-0.05, 0) is 18.4 Å². The normalized spacial score (nSPS) is 10.2. The Morgan fingerprint density at radius 2 is 1.84 bits per heavy atom. The largest absolute Gasteiger partial charge is 0.490 e. The molecule has 0 aliphatic heterocycles. The first-order valence-corrected chi connectivity index (χ1v) is 6.99. The second kappa shape index (κ2) is 6.84. The summed E-state index contributed by atoms with van der Waals surface area (Å²) in [7, 11) is 0. The predicted molar refractivity (Wildman–Crippen MR) is 75.7 cm³/mol. The lowest BCUT2D eigenvalue weighted by atomic mass is 10.3. The van der Waals surface area contributed by atoms with Crippen molar-refractivity contribution >= 4 is 17.6 Å². The minimum absolute atomic E-state index is 0.401. The lowest BCUT2D eigenvalue weighted by Crippen LogP contribution is -2.10. The Balaban J connectivity index is 1.81. The van der Waals surface area contributed by atoms with Crippen LogP contribution < -0.4 is 15.2 Å². The van der Waals surface area contributed by atoms with Crippen molar-refractivity contribution in [1.82, 2.24) is 9.97 Å². The summed E-state index contributed by atoms with van der Waals surface area (Å²) >= 11 is 1.42. The molecule has 0 radical (unpaired) electrons. The van der Waals surface area contributed by atoms with Crippen molar-refractivity contribution in [3.05, 3.63) is 36.4 Å². The average Bonchev–Trinajstić information content (AvgIpc) is 2.44. The van der Waals surface area contributed by atoms with Crippen LogP contribution in [0.2, 0.25) is 0 Å². The van der Waals surface area contributed by atoms with Gasteiger partial charge in [0.25, 0.3) is 0 Å². The van der Waals surface area contributed by atoms with E-state index in [1.54, 1.807) is 6.07 Å². The lowest BCUT2D eigenvalue weighted by Gasteiger charge is -2.08. The molecule has 5 nitrogen and oxygen atoms in total. The first-order chi connectivity index (χ1) is 9.28. The van der Waals surface area contributed by atoms with Crippen LogP contribution >= 0.6 is 11.8 Å². The summed E-state index contributed by atoms with van der Waals surface area (Å²) in [6.45, 7) is 0.849. The fourth-order valence-corrected chi connectivity index (χ4v) is 1.79. The summed E-state index contributed by atoms with van der Waals surface area (Å²) in [6.07, 6.45) is 1.89. The maximum absolute atomic E-state index is 5.65. The molecule has 1 aromatic heterocycles. The fraction of sp³-hybridized carbons (Fsp3) is 0.231. The van der Waals surface area contributed by atoms with Crippen molar-refractivity contribution < 1.29 is 9.47 Å². The highest BCUT2D eigenvalue weighted by Gasteiger charge is 2.02. The third-order valence-corrected chi connectivity index (χ3v) is 2.78. The number of hydrogen-bond acceptors (Lipinski definition) is 6. The van der Waals surface area contributed by atoms with Crippen LogP contribution in [0.15, 0.2) is 41.6 Å². The van der Waals surface area contributed by atoms with Gasteiger partial charge in [0.2, 0.25) is 5.88 Å². The second-order valence-electron chi connectivity index (χ2n) is 3.63. The SMILES string of the molecule is CSc1nc(N)cc(OCCOc2ccccc2)n1. The number of anilines is 1. The van der Waals surface area contributed by atoms with E-state index in [1.165, 1.54) is 11.8 Å². The zero-order valence-electron chi connectivity index (χ0n) is 10.6. The van der Waals surface area contributed by atoms with Crippen molar-refractivity contribution in [3.8, 4) is 11.6 Å². The van der Waals surface area contributed by atoms with E-state index in [-0.39, 0.29) is 0 Å². The Bertz CT molecular complexity index is 523. The first-order valence-electron chi connectivity index (χ1n) is 5.77. The number of rotatable bonds is 6. The molecule has 0 amide bonds. The van der Waals surface area contributed by atoms with Crippen molar-refractivity contribution in [2.45, 2.75) is 5.16 Å². The molecule has 2 aromatic rings.